The van der Waals surface area contributed by atoms with Crippen LogP contribution in [0, 0.1) is 6.92 Å². The van der Waals surface area contributed by atoms with E-state index in [2.05, 4.69) is 11.2 Å². The first-order valence-corrected chi connectivity index (χ1v) is 7.04. The Bertz CT molecular complexity index is 405. The van der Waals surface area contributed by atoms with Gasteiger partial charge in [0, 0.05) is 57.9 Å². The van der Waals surface area contributed by atoms with Crippen molar-refractivity contribution in [3.05, 3.63) is 17.5 Å². The minimum atomic E-state index is -0.245. The molecular weight excluding hydrogens is 242 g/mol. The largest absolute Gasteiger partial charge is 0.381 e. The van der Waals surface area contributed by atoms with Crippen LogP contribution in [0.4, 0.5) is 0 Å². The van der Waals surface area contributed by atoms with E-state index in [0.29, 0.717) is 6.61 Å². The van der Waals surface area contributed by atoms with Crippen molar-refractivity contribution in [3.63, 3.8) is 0 Å². The van der Waals surface area contributed by atoms with Crippen molar-refractivity contribution < 1.29 is 9.47 Å². The van der Waals surface area contributed by atoms with Crippen molar-refractivity contribution >= 4 is 0 Å². The molecule has 0 aliphatic carbocycles. The second kappa shape index (κ2) is 6.03. The minimum absolute atomic E-state index is 0.0221. The van der Waals surface area contributed by atoms with E-state index in [4.69, 9.17) is 15.2 Å². The number of ether oxygens (including phenoxy) is 2. The fourth-order valence-electron chi connectivity index (χ4n) is 2.89. The van der Waals surface area contributed by atoms with Crippen LogP contribution in [-0.2, 0) is 22.9 Å². The predicted octanol–water partition coefficient (Wildman–Crippen LogP) is 1.18. The molecule has 0 bridgehead atoms. The van der Waals surface area contributed by atoms with Crippen LogP contribution in [0.5, 0.6) is 0 Å². The third-order valence-electron chi connectivity index (χ3n) is 3.97. The first-order valence-electron chi connectivity index (χ1n) is 7.04. The molecule has 1 unspecified atom stereocenters. The van der Waals surface area contributed by atoms with Crippen LogP contribution in [-0.4, -0.2) is 41.2 Å². The van der Waals surface area contributed by atoms with Gasteiger partial charge in [-0.25, -0.2) is 0 Å². The summed E-state index contributed by atoms with van der Waals surface area (Å²) in [7, 11) is 1.96. The van der Waals surface area contributed by atoms with Gasteiger partial charge in [0.15, 0.2) is 0 Å². The van der Waals surface area contributed by atoms with Crippen LogP contribution in [0.25, 0.3) is 0 Å². The van der Waals surface area contributed by atoms with Gasteiger partial charge in [-0.05, 0) is 19.9 Å². The Morgan fingerprint density at radius 3 is 2.74 bits per heavy atom. The second-order valence-electron chi connectivity index (χ2n) is 5.32. The van der Waals surface area contributed by atoms with Gasteiger partial charge in [-0.2, -0.15) is 5.10 Å². The molecule has 0 spiro atoms. The Labute approximate surface area is 115 Å². The highest BCUT2D eigenvalue weighted by Gasteiger charge is 2.39. The molecule has 1 atom stereocenters. The van der Waals surface area contributed by atoms with E-state index in [1.54, 1.807) is 0 Å². The molecule has 0 aromatic carbocycles. The third-order valence-corrected chi connectivity index (χ3v) is 3.97. The van der Waals surface area contributed by atoms with Gasteiger partial charge in [0.05, 0.1) is 11.3 Å². The van der Waals surface area contributed by atoms with Gasteiger partial charge in [0.25, 0.3) is 0 Å². The van der Waals surface area contributed by atoms with E-state index in [1.807, 2.05) is 25.6 Å². The van der Waals surface area contributed by atoms with Crippen LogP contribution in [0.15, 0.2) is 6.07 Å². The molecule has 0 radical (unpaired) electrons. The van der Waals surface area contributed by atoms with Gasteiger partial charge in [-0.3, -0.25) is 4.68 Å². The lowest BCUT2D eigenvalue weighted by Gasteiger charge is -2.41. The molecule has 1 aromatic rings. The molecule has 1 aliphatic rings. The fraction of sp³-hybridized carbons (Fsp3) is 0.786. The Balaban J connectivity index is 2.11. The lowest BCUT2D eigenvalue weighted by atomic mass is 9.84. The summed E-state index contributed by atoms with van der Waals surface area (Å²) >= 11 is 0. The molecule has 2 rings (SSSR count). The highest BCUT2D eigenvalue weighted by molar-refractivity contribution is 5.12. The topological polar surface area (TPSA) is 62.3 Å². The van der Waals surface area contributed by atoms with Crippen LogP contribution in [0.2, 0.25) is 0 Å². The van der Waals surface area contributed by atoms with E-state index in [1.165, 1.54) is 0 Å². The number of hydrogen-bond donors (Lipinski definition) is 1. The van der Waals surface area contributed by atoms with E-state index in [0.717, 1.165) is 43.9 Å². The van der Waals surface area contributed by atoms with Gasteiger partial charge < -0.3 is 15.2 Å². The summed E-state index contributed by atoms with van der Waals surface area (Å²) in [5.74, 6) is 0. The molecule has 5 nitrogen and oxygen atoms in total. The van der Waals surface area contributed by atoms with Crippen LogP contribution >= 0.6 is 0 Å². The van der Waals surface area contributed by atoms with Crippen molar-refractivity contribution in [1.82, 2.24) is 9.78 Å². The van der Waals surface area contributed by atoms with Gasteiger partial charge in [-0.15, -0.1) is 0 Å². The highest BCUT2D eigenvalue weighted by atomic mass is 16.5. The molecule has 5 heteroatoms. The number of aromatic nitrogens is 2. The SMILES string of the molecule is CCOC1(C(N)Cc2cc(C)nn2C)CCOCC1. The monoisotopic (exact) mass is 267 g/mol. The molecule has 0 amide bonds. The summed E-state index contributed by atoms with van der Waals surface area (Å²) in [5, 5.41) is 4.37. The molecule has 108 valence electrons. The molecule has 1 saturated heterocycles. The van der Waals surface area contributed by atoms with Crippen LogP contribution in [0.1, 0.15) is 31.2 Å². The molecule has 2 N–H and O–H groups in total. The average Bonchev–Trinajstić information content (AvgIpc) is 2.69. The Morgan fingerprint density at radius 1 is 1.53 bits per heavy atom. The van der Waals surface area contributed by atoms with Crippen LogP contribution < -0.4 is 5.73 Å². The number of hydrogen-bond acceptors (Lipinski definition) is 4. The number of aryl methyl sites for hydroxylation is 2. The molecule has 1 aromatic heterocycles. The summed E-state index contributed by atoms with van der Waals surface area (Å²) in [6, 6.07) is 2.07. The number of rotatable bonds is 5. The summed E-state index contributed by atoms with van der Waals surface area (Å²) < 4.78 is 13.4. The lowest BCUT2D eigenvalue weighted by molar-refractivity contribution is -0.120. The van der Waals surface area contributed by atoms with Gasteiger partial charge in [0.1, 0.15) is 0 Å². The molecule has 1 fully saturated rings. The van der Waals surface area contributed by atoms with Crippen molar-refractivity contribution in [2.75, 3.05) is 19.8 Å². The molecular formula is C14H25N3O2. The van der Waals surface area contributed by atoms with Gasteiger partial charge in [0.2, 0.25) is 0 Å². The van der Waals surface area contributed by atoms with E-state index < -0.39 is 0 Å². The molecule has 0 saturated carbocycles. The molecule has 1 aliphatic heterocycles. The maximum Gasteiger partial charge on any atom is 0.0880 e. The van der Waals surface area contributed by atoms with E-state index in [-0.39, 0.29) is 11.6 Å². The van der Waals surface area contributed by atoms with Gasteiger partial charge >= 0.3 is 0 Å². The van der Waals surface area contributed by atoms with Crippen molar-refractivity contribution in [2.24, 2.45) is 12.8 Å². The quantitative estimate of drug-likeness (QED) is 0.870. The van der Waals surface area contributed by atoms with Crippen LogP contribution in [0.3, 0.4) is 0 Å². The van der Waals surface area contributed by atoms with Crippen molar-refractivity contribution in [1.29, 1.82) is 0 Å². The third kappa shape index (κ3) is 3.16. The zero-order valence-electron chi connectivity index (χ0n) is 12.2. The standard InChI is InChI=1S/C14H25N3O2/c1-4-19-14(5-7-18-8-6-14)13(15)10-12-9-11(2)16-17(12)3/h9,13H,4-8,10,15H2,1-3H3. The maximum atomic E-state index is 6.46. The normalized spacial score (nSPS) is 20.4. The lowest BCUT2D eigenvalue weighted by Crippen LogP contribution is -2.54. The van der Waals surface area contributed by atoms with E-state index in [9.17, 15) is 0 Å². The molecule has 19 heavy (non-hydrogen) atoms. The first-order chi connectivity index (χ1) is 9.07. The fourth-order valence-corrected chi connectivity index (χ4v) is 2.89. The zero-order valence-corrected chi connectivity index (χ0v) is 12.2. The van der Waals surface area contributed by atoms with Crippen molar-refractivity contribution in [2.45, 2.75) is 44.8 Å². The Morgan fingerprint density at radius 2 is 2.21 bits per heavy atom. The smallest absolute Gasteiger partial charge is 0.0880 e. The minimum Gasteiger partial charge on any atom is -0.381 e. The summed E-state index contributed by atoms with van der Waals surface area (Å²) in [5.41, 5.74) is 8.41. The summed E-state index contributed by atoms with van der Waals surface area (Å²) in [6.45, 7) is 6.19. The zero-order chi connectivity index (χ0) is 13.9. The Kier molecular flexibility index (Phi) is 4.60. The maximum absolute atomic E-state index is 6.46. The summed E-state index contributed by atoms with van der Waals surface area (Å²) in [6.07, 6.45) is 2.54. The first kappa shape index (κ1) is 14.5. The second-order valence-corrected chi connectivity index (χ2v) is 5.32. The highest BCUT2D eigenvalue weighted by Crippen LogP contribution is 2.29. The number of nitrogens with two attached hydrogens (primary N) is 1. The Hall–Kier alpha value is -0.910. The van der Waals surface area contributed by atoms with Crippen molar-refractivity contribution in [3.8, 4) is 0 Å². The van der Waals surface area contributed by atoms with Gasteiger partial charge in [-0.1, -0.05) is 0 Å². The number of nitrogens with zero attached hydrogens (tertiary/aromatic N) is 2. The predicted molar refractivity (Wildman–Crippen MR) is 74.0 cm³/mol. The van der Waals surface area contributed by atoms with E-state index >= 15 is 0 Å². The molecule has 2 heterocycles. The average molecular weight is 267 g/mol. The summed E-state index contributed by atoms with van der Waals surface area (Å²) in [4.78, 5) is 0.